The Labute approximate surface area is 131 Å². The van der Waals surface area contributed by atoms with Crippen molar-refractivity contribution in [2.45, 2.75) is 72.4 Å². The minimum Gasteiger partial charge on any atom is -0.327 e. The fourth-order valence-electron chi connectivity index (χ4n) is 3.73. The summed E-state index contributed by atoms with van der Waals surface area (Å²) in [5.74, 6) is 0.625. The van der Waals surface area contributed by atoms with E-state index in [-0.39, 0.29) is 6.04 Å². The number of nitrogens with two attached hydrogens (primary N) is 1. The zero-order chi connectivity index (χ0) is 14.9. The molecule has 20 heavy (non-hydrogen) atoms. The van der Waals surface area contributed by atoms with Gasteiger partial charge in [0.1, 0.15) is 0 Å². The van der Waals surface area contributed by atoms with Gasteiger partial charge in [0.15, 0.2) is 0 Å². The molecule has 3 nitrogen and oxygen atoms in total. The molecule has 1 heterocycles. The van der Waals surface area contributed by atoms with Crippen molar-refractivity contribution in [2.24, 2.45) is 17.1 Å². The molecule has 1 aliphatic rings. The fourth-order valence-corrected chi connectivity index (χ4v) is 4.45. The minimum absolute atomic E-state index is 0.232. The summed E-state index contributed by atoms with van der Waals surface area (Å²) in [4.78, 5) is 0. The second-order valence-corrected chi connectivity index (χ2v) is 7.52. The van der Waals surface area contributed by atoms with E-state index in [0.29, 0.717) is 11.3 Å². The van der Waals surface area contributed by atoms with Gasteiger partial charge >= 0.3 is 0 Å². The normalized spacial score (nSPS) is 23.2. The Morgan fingerprint density at radius 1 is 1.45 bits per heavy atom. The molecule has 2 unspecified atom stereocenters. The highest BCUT2D eigenvalue weighted by atomic mass is 79.9. The van der Waals surface area contributed by atoms with Crippen molar-refractivity contribution in [1.29, 1.82) is 0 Å². The molecule has 1 aliphatic carbocycles. The minimum atomic E-state index is 0.232. The number of rotatable bonds is 5. The number of hydrogen-bond acceptors (Lipinski definition) is 2. The monoisotopic (exact) mass is 341 g/mol. The topological polar surface area (TPSA) is 43.8 Å². The van der Waals surface area contributed by atoms with E-state index in [2.05, 4.69) is 53.4 Å². The van der Waals surface area contributed by atoms with Crippen LogP contribution in [0.15, 0.2) is 4.47 Å². The summed E-state index contributed by atoms with van der Waals surface area (Å²) in [6.07, 6.45) is 5.78. The van der Waals surface area contributed by atoms with Gasteiger partial charge in [-0.1, -0.05) is 27.2 Å². The maximum Gasteiger partial charge on any atom is 0.0766 e. The van der Waals surface area contributed by atoms with Crippen molar-refractivity contribution in [1.82, 2.24) is 9.78 Å². The fraction of sp³-hybridized carbons (Fsp3) is 0.812. The Morgan fingerprint density at radius 2 is 2.15 bits per heavy atom. The third kappa shape index (κ3) is 2.96. The molecule has 1 fully saturated rings. The van der Waals surface area contributed by atoms with Gasteiger partial charge in [0.2, 0.25) is 0 Å². The molecule has 0 bridgehead atoms. The van der Waals surface area contributed by atoms with Crippen LogP contribution in [0.4, 0.5) is 0 Å². The second-order valence-electron chi connectivity index (χ2n) is 6.73. The van der Waals surface area contributed by atoms with Gasteiger partial charge in [0, 0.05) is 19.0 Å². The molecule has 0 saturated heterocycles. The van der Waals surface area contributed by atoms with E-state index in [4.69, 9.17) is 5.73 Å². The lowest BCUT2D eigenvalue weighted by Gasteiger charge is -2.32. The summed E-state index contributed by atoms with van der Waals surface area (Å²) in [6.45, 7) is 9.95. The Hall–Kier alpha value is -0.350. The number of halogens is 1. The lowest BCUT2D eigenvalue weighted by Crippen LogP contribution is -2.38. The zero-order valence-corrected chi connectivity index (χ0v) is 14.8. The van der Waals surface area contributed by atoms with Gasteiger partial charge in [0.05, 0.1) is 15.9 Å². The van der Waals surface area contributed by atoms with E-state index in [0.717, 1.165) is 25.1 Å². The van der Waals surface area contributed by atoms with Crippen molar-refractivity contribution in [3.8, 4) is 0 Å². The van der Waals surface area contributed by atoms with Crippen molar-refractivity contribution in [3.05, 3.63) is 15.9 Å². The first-order valence-electron chi connectivity index (χ1n) is 7.90. The molecule has 1 aromatic rings. The SMILES string of the molecule is CCc1nn(CC)c(CC(N)C2CCCC2(C)C)c1Br. The third-order valence-electron chi connectivity index (χ3n) is 4.98. The van der Waals surface area contributed by atoms with E-state index in [1.165, 1.54) is 29.4 Å². The highest BCUT2D eigenvalue weighted by Crippen LogP contribution is 2.44. The van der Waals surface area contributed by atoms with Crippen molar-refractivity contribution in [3.63, 3.8) is 0 Å². The highest BCUT2D eigenvalue weighted by molar-refractivity contribution is 9.10. The molecular weight excluding hydrogens is 314 g/mol. The molecule has 4 heteroatoms. The van der Waals surface area contributed by atoms with Crippen LogP contribution in [0.2, 0.25) is 0 Å². The zero-order valence-electron chi connectivity index (χ0n) is 13.2. The van der Waals surface area contributed by atoms with Gasteiger partial charge in [0.25, 0.3) is 0 Å². The Balaban J connectivity index is 2.19. The molecule has 1 aromatic heterocycles. The molecule has 2 N–H and O–H groups in total. The summed E-state index contributed by atoms with van der Waals surface area (Å²) in [5, 5.41) is 4.68. The van der Waals surface area contributed by atoms with Gasteiger partial charge in [-0.25, -0.2) is 0 Å². The van der Waals surface area contributed by atoms with Crippen LogP contribution in [0.3, 0.4) is 0 Å². The number of hydrogen-bond donors (Lipinski definition) is 1. The molecule has 0 aromatic carbocycles. The Bertz CT molecular complexity index is 465. The number of aromatic nitrogens is 2. The summed E-state index contributed by atoms with van der Waals surface area (Å²) in [7, 11) is 0. The van der Waals surface area contributed by atoms with Crippen LogP contribution in [0, 0.1) is 11.3 Å². The van der Waals surface area contributed by atoms with E-state index >= 15 is 0 Å². The highest BCUT2D eigenvalue weighted by Gasteiger charge is 2.38. The van der Waals surface area contributed by atoms with E-state index < -0.39 is 0 Å². The maximum absolute atomic E-state index is 6.57. The first-order chi connectivity index (χ1) is 9.40. The molecule has 0 amide bonds. The second kappa shape index (κ2) is 6.18. The van der Waals surface area contributed by atoms with Gasteiger partial charge in [-0.15, -0.1) is 0 Å². The molecule has 2 atom stereocenters. The van der Waals surface area contributed by atoms with Gasteiger partial charge in [-0.05, 0) is 53.4 Å². The van der Waals surface area contributed by atoms with Crippen LogP contribution in [0.1, 0.15) is 58.3 Å². The summed E-state index contributed by atoms with van der Waals surface area (Å²) in [5.41, 5.74) is 9.38. The molecular formula is C16H28BrN3. The van der Waals surface area contributed by atoms with Gasteiger partial charge in [-0.2, -0.15) is 5.10 Å². The van der Waals surface area contributed by atoms with Crippen LogP contribution in [-0.2, 0) is 19.4 Å². The van der Waals surface area contributed by atoms with Crippen molar-refractivity contribution >= 4 is 15.9 Å². The van der Waals surface area contributed by atoms with Crippen LogP contribution in [-0.4, -0.2) is 15.8 Å². The predicted molar refractivity (Wildman–Crippen MR) is 87.8 cm³/mol. The molecule has 0 spiro atoms. The third-order valence-corrected chi connectivity index (χ3v) is 5.90. The Kier molecular flexibility index (Phi) is 4.96. The average molecular weight is 342 g/mol. The molecule has 0 aliphatic heterocycles. The first kappa shape index (κ1) is 16.0. The average Bonchev–Trinajstić information content (AvgIpc) is 2.90. The molecule has 2 rings (SSSR count). The molecule has 0 radical (unpaired) electrons. The smallest absolute Gasteiger partial charge is 0.0766 e. The number of nitrogens with zero attached hydrogens (tertiary/aromatic N) is 2. The largest absolute Gasteiger partial charge is 0.327 e. The summed E-state index contributed by atoms with van der Waals surface area (Å²) >= 11 is 3.73. The molecule has 1 saturated carbocycles. The lowest BCUT2D eigenvalue weighted by atomic mass is 9.76. The predicted octanol–water partition coefficient (Wildman–Crippen LogP) is 3.92. The standard InChI is InChI=1S/C16H28BrN3/c1-5-13-15(17)14(20(6-2)19-13)10-12(18)11-8-7-9-16(11,3)4/h11-12H,5-10,18H2,1-4H3. The summed E-state index contributed by atoms with van der Waals surface area (Å²) < 4.78 is 3.29. The van der Waals surface area contributed by atoms with Crippen LogP contribution >= 0.6 is 15.9 Å². The maximum atomic E-state index is 6.57. The Morgan fingerprint density at radius 3 is 2.65 bits per heavy atom. The van der Waals surface area contributed by atoms with Gasteiger partial charge < -0.3 is 5.73 Å². The lowest BCUT2D eigenvalue weighted by molar-refractivity contribution is 0.218. The van der Waals surface area contributed by atoms with E-state index in [1.807, 2.05) is 0 Å². The number of aryl methyl sites for hydroxylation is 2. The van der Waals surface area contributed by atoms with Crippen LogP contribution < -0.4 is 5.73 Å². The quantitative estimate of drug-likeness (QED) is 0.881. The van der Waals surface area contributed by atoms with E-state index in [1.54, 1.807) is 0 Å². The van der Waals surface area contributed by atoms with Crippen LogP contribution in [0.25, 0.3) is 0 Å². The van der Waals surface area contributed by atoms with Crippen molar-refractivity contribution < 1.29 is 0 Å². The first-order valence-corrected chi connectivity index (χ1v) is 8.69. The van der Waals surface area contributed by atoms with Crippen molar-refractivity contribution in [2.75, 3.05) is 0 Å². The van der Waals surface area contributed by atoms with Crippen LogP contribution in [0.5, 0.6) is 0 Å². The van der Waals surface area contributed by atoms with E-state index in [9.17, 15) is 0 Å². The molecule has 114 valence electrons. The van der Waals surface area contributed by atoms with Gasteiger partial charge in [-0.3, -0.25) is 4.68 Å². The summed E-state index contributed by atoms with van der Waals surface area (Å²) in [6, 6.07) is 0.232.